The normalized spacial score (nSPS) is 18.6. The Labute approximate surface area is 123 Å². The maximum Gasteiger partial charge on any atom is 0.0694 e. The summed E-state index contributed by atoms with van der Waals surface area (Å²) < 4.78 is 5.60. The third-order valence-electron chi connectivity index (χ3n) is 3.98. The first-order valence-electron chi connectivity index (χ1n) is 7.58. The predicted octanol–water partition coefficient (Wildman–Crippen LogP) is 3.11. The van der Waals surface area contributed by atoms with Crippen LogP contribution in [0.1, 0.15) is 38.8 Å². The fraction of sp³-hybridized carbons (Fsp3) is 0.647. The van der Waals surface area contributed by atoms with Gasteiger partial charge in [-0.25, -0.2) is 0 Å². The minimum atomic E-state index is 0.0718. The van der Waals surface area contributed by atoms with Crippen LogP contribution < -0.4 is 10.2 Å². The molecule has 1 aromatic carbocycles. The lowest BCUT2D eigenvalue weighted by Gasteiger charge is -2.44. The van der Waals surface area contributed by atoms with Crippen LogP contribution in [0, 0.1) is 6.92 Å². The summed E-state index contributed by atoms with van der Waals surface area (Å²) in [4.78, 5) is 2.46. The molecule has 0 unspecified atom stereocenters. The number of anilines is 1. The van der Waals surface area contributed by atoms with Gasteiger partial charge in [0.2, 0.25) is 0 Å². The molecule has 0 spiro atoms. The van der Waals surface area contributed by atoms with Gasteiger partial charge in [0, 0.05) is 24.8 Å². The number of nitrogens with one attached hydrogen (secondary N) is 1. The van der Waals surface area contributed by atoms with E-state index in [0.29, 0.717) is 6.04 Å². The van der Waals surface area contributed by atoms with E-state index in [1.54, 1.807) is 0 Å². The highest BCUT2D eigenvalue weighted by Gasteiger charge is 2.30. The topological polar surface area (TPSA) is 24.5 Å². The van der Waals surface area contributed by atoms with E-state index in [1.165, 1.54) is 16.8 Å². The summed E-state index contributed by atoms with van der Waals surface area (Å²) in [5, 5.41) is 3.48. The summed E-state index contributed by atoms with van der Waals surface area (Å²) in [6, 6.07) is 7.33. The van der Waals surface area contributed by atoms with Gasteiger partial charge in [-0.1, -0.05) is 19.9 Å². The van der Waals surface area contributed by atoms with Crippen molar-refractivity contribution in [2.75, 3.05) is 24.7 Å². The monoisotopic (exact) mass is 276 g/mol. The first kappa shape index (κ1) is 15.3. The zero-order valence-electron chi connectivity index (χ0n) is 13.5. The first-order chi connectivity index (χ1) is 9.40. The molecule has 0 radical (unpaired) electrons. The van der Waals surface area contributed by atoms with Gasteiger partial charge in [0.25, 0.3) is 0 Å². The van der Waals surface area contributed by atoms with Gasteiger partial charge in [-0.2, -0.15) is 0 Å². The Kier molecular flexibility index (Phi) is 4.71. The number of rotatable bonds is 4. The van der Waals surface area contributed by atoms with Crippen LogP contribution in [0.15, 0.2) is 18.2 Å². The van der Waals surface area contributed by atoms with Crippen molar-refractivity contribution in [3.8, 4) is 0 Å². The molecule has 1 fully saturated rings. The Morgan fingerprint density at radius 1 is 1.35 bits per heavy atom. The molecule has 1 aliphatic rings. The lowest BCUT2D eigenvalue weighted by atomic mass is 9.99. The Hall–Kier alpha value is -1.06. The van der Waals surface area contributed by atoms with Crippen molar-refractivity contribution in [2.24, 2.45) is 0 Å². The summed E-state index contributed by atoms with van der Waals surface area (Å²) in [5.41, 5.74) is 4.12. The third-order valence-corrected chi connectivity index (χ3v) is 3.98. The van der Waals surface area contributed by atoms with Crippen molar-refractivity contribution in [3.05, 3.63) is 29.3 Å². The smallest absolute Gasteiger partial charge is 0.0694 e. The van der Waals surface area contributed by atoms with Crippen molar-refractivity contribution in [2.45, 2.75) is 52.7 Å². The Balaban J connectivity index is 2.15. The Morgan fingerprint density at radius 2 is 2.10 bits per heavy atom. The van der Waals surface area contributed by atoms with Gasteiger partial charge in [-0.15, -0.1) is 0 Å². The fourth-order valence-electron chi connectivity index (χ4n) is 2.70. The van der Waals surface area contributed by atoms with E-state index >= 15 is 0 Å². The number of benzene rings is 1. The average molecular weight is 276 g/mol. The molecule has 1 aliphatic heterocycles. The zero-order chi connectivity index (χ0) is 14.8. The van der Waals surface area contributed by atoms with E-state index in [0.717, 1.165) is 26.3 Å². The third kappa shape index (κ3) is 3.53. The molecule has 3 heteroatoms. The van der Waals surface area contributed by atoms with Gasteiger partial charge in [0.05, 0.1) is 18.8 Å². The molecule has 0 atom stereocenters. The minimum Gasteiger partial charge on any atom is -0.377 e. The first-order valence-corrected chi connectivity index (χ1v) is 7.58. The second kappa shape index (κ2) is 6.15. The maximum atomic E-state index is 5.60. The molecule has 1 aromatic rings. The van der Waals surface area contributed by atoms with Crippen LogP contribution >= 0.6 is 0 Å². The summed E-state index contributed by atoms with van der Waals surface area (Å²) in [6.45, 7) is 14.6. The van der Waals surface area contributed by atoms with Gasteiger partial charge in [-0.05, 0) is 44.0 Å². The standard InChI is InChI=1S/C17H28N2O/c1-13(2)18-11-15-6-7-16(10-14(15)3)19-8-9-20-12-17(19,4)5/h6-7,10,13,18H,8-9,11-12H2,1-5H3. The van der Waals surface area contributed by atoms with Crippen LogP contribution in [0.5, 0.6) is 0 Å². The minimum absolute atomic E-state index is 0.0718. The lowest BCUT2D eigenvalue weighted by Crippen LogP contribution is -2.53. The van der Waals surface area contributed by atoms with Gasteiger partial charge in [0.15, 0.2) is 0 Å². The number of ether oxygens (including phenoxy) is 1. The highest BCUT2D eigenvalue weighted by molar-refractivity contribution is 5.53. The van der Waals surface area contributed by atoms with Gasteiger partial charge >= 0.3 is 0 Å². The molecular formula is C17H28N2O. The molecule has 1 saturated heterocycles. The number of hydrogen-bond donors (Lipinski definition) is 1. The Morgan fingerprint density at radius 3 is 2.70 bits per heavy atom. The van der Waals surface area contributed by atoms with E-state index in [2.05, 4.69) is 63.0 Å². The van der Waals surface area contributed by atoms with Gasteiger partial charge < -0.3 is 15.0 Å². The number of aryl methyl sites for hydroxylation is 1. The van der Waals surface area contributed by atoms with E-state index in [4.69, 9.17) is 4.74 Å². The molecular weight excluding hydrogens is 248 g/mol. The molecule has 1 heterocycles. The zero-order valence-corrected chi connectivity index (χ0v) is 13.5. The number of morpholine rings is 1. The summed E-state index contributed by atoms with van der Waals surface area (Å²) in [5.74, 6) is 0. The fourth-order valence-corrected chi connectivity index (χ4v) is 2.70. The van der Waals surface area contributed by atoms with Crippen LogP contribution in [0.25, 0.3) is 0 Å². The average Bonchev–Trinajstić information content (AvgIpc) is 2.36. The van der Waals surface area contributed by atoms with Crippen LogP contribution in [-0.4, -0.2) is 31.3 Å². The molecule has 20 heavy (non-hydrogen) atoms. The Bertz CT molecular complexity index is 454. The highest BCUT2D eigenvalue weighted by atomic mass is 16.5. The van der Waals surface area contributed by atoms with Gasteiger partial charge in [0.1, 0.15) is 0 Å². The summed E-state index contributed by atoms with van der Waals surface area (Å²) >= 11 is 0. The molecule has 0 saturated carbocycles. The number of nitrogens with zero attached hydrogens (tertiary/aromatic N) is 1. The second-order valence-electron chi connectivity index (χ2n) is 6.66. The van der Waals surface area contributed by atoms with Crippen molar-refractivity contribution >= 4 is 5.69 Å². The van der Waals surface area contributed by atoms with Crippen LogP contribution in [0.3, 0.4) is 0 Å². The molecule has 2 rings (SSSR count). The van der Waals surface area contributed by atoms with Crippen molar-refractivity contribution in [1.82, 2.24) is 5.32 Å². The molecule has 0 bridgehead atoms. The van der Waals surface area contributed by atoms with Gasteiger partial charge in [-0.3, -0.25) is 0 Å². The van der Waals surface area contributed by atoms with E-state index < -0.39 is 0 Å². The van der Waals surface area contributed by atoms with Crippen LogP contribution in [0.4, 0.5) is 5.69 Å². The quantitative estimate of drug-likeness (QED) is 0.914. The summed E-state index contributed by atoms with van der Waals surface area (Å²) in [6.07, 6.45) is 0. The van der Waals surface area contributed by atoms with E-state index in [1.807, 2.05) is 0 Å². The molecule has 0 aromatic heterocycles. The highest BCUT2D eigenvalue weighted by Crippen LogP contribution is 2.28. The molecule has 0 aliphatic carbocycles. The second-order valence-corrected chi connectivity index (χ2v) is 6.66. The predicted molar refractivity (Wildman–Crippen MR) is 85.4 cm³/mol. The van der Waals surface area contributed by atoms with Crippen molar-refractivity contribution in [3.63, 3.8) is 0 Å². The largest absolute Gasteiger partial charge is 0.377 e. The van der Waals surface area contributed by atoms with E-state index in [9.17, 15) is 0 Å². The van der Waals surface area contributed by atoms with Crippen LogP contribution in [-0.2, 0) is 11.3 Å². The number of hydrogen-bond acceptors (Lipinski definition) is 3. The molecule has 112 valence electrons. The van der Waals surface area contributed by atoms with Crippen molar-refractivity contribution < 1.29 is 4.74 Å². The maximum absolute atomic E-state index is 5.60. The lowest BCUT2D eigenvalue weighted by molar-refractivity contribution is 0.0644. The van der Waals surface area contributed by atoms with Crippen molar-refractivity contribution in [1.29, 1.82) is 0 Å². The SMILES string of the molecule is Cc1cc(N2CCOCC2(C)C)ccc1CNC(C)C. The molecule has 0 amide bonds. The van der Waals surface area contributed by atoms with E-state index in [-0.39, 0.29) is 5.54 Å². The molecule has 1 N–H and O–H groups in total. The summed E-state index contributed by atoms with van der Waals surface area (Å²) in [7, 11) is 0. The molecule has 3 nitrogen and oxygen atoms in total. The van der Waals surface area contributed by atoms with Crippen LogP contribution in [0.2, 0.25) is 0 Å².